The summed E-state index contributed by atoms with van der Waals surface area (Å²) in [7, 11) is 0. The van der Waals surface area contributed by atoms with Gasteiger partial charge in [0.2, 0.25) is 0 Å². The van der Waals surface area contributed by atoms with E-state index in [0.29, 0.717) is 17.3 Å². The second-order valence-electron chi connectivity index (χ2n) is 5.22. The Balaban J connectivity index is 1.82. The van der Waals surface area contributed by atoms with Crippen molar-refractivity contribution in [1.29, 1.82) is 5.26 Å². The van der Waals surface area contributed by atoms with Gasteiger partial charge >= 0.3 is 0 Å². The number of aromatic nitrogens is 1. The molecule has 0 aliphatic heterocycles. The largest absolute Gasteiger partial charge is 0.423 e. The van der Waals surface area contributed by atoms with Gasteiger partial charge in [0.25, 0.3) is 6.01 Å². The molecule has 3 aromatic rings. The lowest BCUT2D eigenvalue weighted by molar-refractivity contribution is 0.592. The average molecular weight is 289 g/mol. The number of nitrogens with zero attached hydrogens (tertiary/aromatic N) is 2. The monoisotopic (exact) mass is 289 g/mol. The fourth-order valence-electron chi connectivity index (χ4n) is 2.34. The number of nitriles is 1. The highest BCUT2D eigenvalue weighted by molar-refractivity contribution is 5.61. The highest BCUT2D eigenvalue weighted by Gasteiger charge is 2.07. The van der Waals surface area contributed by atoms with E-state index in [1.54, 1.807) is 18.3 Å². The normalized spacial score (nSPS) is 10.2. The zero-order valence-corrected chi connectivity index (χ0v) is 12.4. The molecular formula is C18H15N3O. The van der Waals surface area contributed by atoms with Gasteiger partial charge < -0.3 is 9.73 Å². The molecule has 0 fully saturated rings. The molecule has 0 amide bonds. The van der Waals surface area contributed by atoms with Gasteiger partial charge in [-0.1, -0.05) is 6.07 Å². The van der Waals surface area contributed by atoms with Crippen LogP contribution in [0, 0.1) is 25.2 Å². The molecule has 3 rings (SSSR count). The molecular weight excluding hydrogens is 274 g/mol. The summed E-state index contributed by atoms with van der Waals surface area (Å²) in [5, 5.41) is 12.0. The Bertz CT molecular complexity index is 821. The lowest BCUT2D eigenvalue weighted by Crippen LogP contribution is -1.91. The molecule has 0 saturated carbocycles. The van der Waals surface area contributed by atoms with Crippen molar-refractivity contribution >= 4 is 11.7 Å². The third-order valence-electron chi connectivity index (χ3n) is 3.28. The molecule has 22 heavy (non-hydrogen) atoms. The number of hydrogen-bond acceptors (Lipinski definition) is 4. The highest BCUT2D eigenvalue weighted by Crippen LogP contribution is 2.25. The van der Waals surface area contributed by atoms with Crippen LogP contribution in [0.1, 0.15) is 16.7 Å². The van der Waals surface area contributed by atoms with E-state index in [9.17, 15) is 0 Å². The molecule has 4 nitrogen and oxygen atoms in total. The lowest BCUT2D eigenvalue weighted by Gasteiger charge is -2.04. The molecule has 0 unspecified atom stereocenters. The van der Waals surface area contributed by atoms with E-state index in [1.807, 2.05) is 24.3 Å². The fraction of sp³-hybridized carbons (Fsp3) is 0.111. The Labute approximate surface area is 129 Å². The zero-order valence-electron chi connectivity index (χ0n) is 12.4. The van der Waals surface area contributed by atoms with Crippen molar-refractivity contribution in [2.75, 3.05) is 5.32 Å². The minimum absolute atomic E-state index is 0.448. The average Bonchev–Trinajstić information content (AvgIpc) is 2.95. The maximum absolute atomic E-state index is 8.82. The molecule has 0 saturated heterocycles. The predicted octanol–water partition coefficient (Wildman–Crippen LogP) is 4.57. The van der Waals surface area contributed by atoms with E-state index in [4.69, 9.17) is 9.68 Å². The van der Waals surface area contributed by atoms with Crippen LogP contribution in [0.4, 0.5) is 11.7 Å². The summed E-state index contributed by atoms with van der Waals surface area (Å²) in [5.74, 6) is 0.663. The van der Waals surface area contributed by atoms with E-state index in [0.717, 1.165) is 11.3 Å². The number of nitrogens with one attached hydrogen (secondary N) is 1. The highest BCUT2D eigenvalue weighted by atomic mass is 16.4. The molecule has 1 N–H and O–H groups in total. The van der Waals surface area contributed by atoms with Crippen LogP contribution >= 0.6 is 0 Å². The zero-order chi connectivity index (χ0) is 15.5. The minimum atomic E-state index is 0.448. The standard InChI is InChI=1S/C18H15N3O/c1-12-7-13(2)9-16(8-12)21-18-20-11-17(22-18)15-5-3-14(10-19)4-6-15/h3-9,11H,1-2H3,(H,20,21). The van der Waals surface area contributed by atoms with Crippen molar-refractivity contribution in [2.45, 2.75) is 13.8 Å². The van der Waals surface area contributed by atoms with Crippen molar-refractivity contribution in [3.8, 4) is 17.4 Å². The maximum Gasteiger partial charge on any atom is 0.299 e. The second kappa shape index (κ2) is 5.74. The van der Waals surface area contributed by atoms with Gasteiger partial charge in [-0.15, -0.1) is 0 Å². The van der Waals surface area contributed by atoms with Crippen LogP contribution in [0.2, 0.25) is 0 Å². The van der Waals surface area contributed by atoms with Crippen LogP contribution < -0.4 is 5.32 Å². The van der Waals surface area contributed by atoms with Gasteiger partial charge in [-0.2, -0.15) is 5.26 Å². The summed E-state index contributed by atoms with van der Waals surface area (Å²) < 4.78 is 5.72. The quantitative estimate of drug-likeness (QED) is 0.767. The van der Waals surface area contributed by atoms with Crippen LogP contribution in [0.25, 0.3) is 11.3 Å². The van der Waals surface area contributed by atoms with E-state index in [1.165, 1.54) is 11.1 Å². The van der Waals surface area contributed by atoms with Crippen LogP contribution in [0.3, 0.4) is 0 Å². The summed E-state index contributed by atoms with van der Waals surface area (Å²) in [6.45, 7) is 4.10. The summed E-state index contributed by atoms with van der Waals surface area (Å²) in [5.41, 5.74) is 4.82. The fourth-order valence-corrected chi connectivity index (χ4v) is 2.34. The predicted molar refractivity (Wildman–Crippen MR) is 85.9 cm³/mol. The van der Waals surface area contributed by atoms with E-state index >= 15 is 0 Å². The number of hydrogen-bond donors (Lipinski definition) is 1. The van der Waals surface area contributed by atoms with Crippen molar-refractivity contribution in [3.63, 3.8) is 0 Å². The Kier molecular flexibility index (Phi) is 3.63. The van der Waals surface area contributed by atoms with Crippen molar-refractivity contribution < 1.29 is 4.42 Å². The molecule has 0 bridgehead atoms. The molecule has 1 aromatic heterocycles. The van der Waals surface area contributed by atoms with Gasteiger partial charge in [0, 0.05) is 11.3 Å². The van der Waals surface area contributed by atoms with E-state index < -0.39 is 0 Å². The first-order valence-corrected chi connectivity index (χ1v) is 6.96. The first-order valence-electron chi connectivity index (χ1n) is 6.96. The molecule has 0 spiro atoms. The first kappa shape index (κ1) is 13.9. The van der Waals surface area contributed by atoms with E-state index in [2.05, 4.69) is 36.3 Å². The summed E-state index contributed by atoms with van der Waals surface area (Å²) in [6, 6.07) is 15.9. The van der Waals surface area contributed by atoms with Crippen molar-refractivity contribution in [1.82, 2.24) is 4.98 Å². The van der Waals surface area contributed by atoms with Crippen LogP contribution in [-0.4, -0.2) is 4.98 Å². The minimum Gasteiger partial charge on any atom is -0.423 e. The van der Waals surface area contributed by atoms with E-state index in [-0.39, 0.29) is 0 Å². The van der Waals surface area contributed by atoms with Gasteiger partial charge in [-0.25, -0.2) is 4.98 Å². The SMILES string of the molecule is Cc1cc(C)cc(Nc2ncc(-c3ccc(C#N)cc3)o2)c1. The number of benzene rings is 2. The number of rotatable bonds is 3. The molecule has 108 valence electrons. The molecule has 2 aromatic carbocycles. The Morgan fingerprint density at radius 3 is 2.36 bits per heavy atom. The van der Waals surface area contributed by atoms with Crippen LogP contribution in [0.5, 0.6) is 0 Å². The molecule has 0 radical (unpaired) electrons. The van der Waals surface area contributed by atoms with Gasteiger partial charge in [-0.3, -0.25) is 0 Å². The second-order valence-corrected chi connectivity index (χ2v) is 5.22. The molecule has 0 atom stereocenters. The molecule has 0 aliphatic carbocycles. The number of oxazole rings is 1. The third kappa shape index (κ3) is 2.99. The van der Waals surface area contributed by atoms with Gasteiger partial charge in [-0.05, 0) is 61.4 Å². The number of aryl methyl sites for hydroxylation is 2. The lowest BCUT2D eigenvalue weighted by atomic mass is 10.1. The Morgan fingerprint density at radius 2 is 1.73 bits per heavy atom. The topological polar surface area (TPSA) is 61.9 Å². The first-order chi connectivity index (χ1) is 10.6. The number of anilines is 2. The van der Waals surface area contributed by atoms with Crippen molar-refractivity contribution in [2.24, 2.45) is 0 Å². The summed E-state index contributed by atoms with van der Waals surface area (Å²) in [6.07, 6.45) is 1.67. The van der Waals surface area contributed by atoms with Crippen LogP contribution in [-0.2, 0) is 0 Å². The summed E-state index contributed by atoms with van der Waals surface area (Å²) in [4.78, 5) is 4.25. The van der Waals surface area contributed by atoms with Crippen LogP contribution in [0.15, 0.2) is 53.1 Å². The Hall–Kier alpha value is -3.06. The molecule has 0 aliphatic rings. The van der Waals surface area contributed by atoms with Gasteiger partial charge in [0.15, 0.2) is 5.76 Å². The van der Waals surface area contributed by atoms with Gasteiger partial charge in [0.1, 0.15) is 0 Å². The molecule has 1 heterocycles. The van der Waals surface area contributed by atoms with Gasteiger partial charge in [0.05, 0.1) is 17.8 Å². The van der Waals surface area contributed by atoms with Crippen molar-refractivity contribution in [3.05, 3.63) is 65.4 Å². The third-order valence-corrected chi connectivity index (χ3v) is 3.28. The maximum atomic E-state index is 8.82. The molecule has 4 heteroatoms. The summed E-state index contributed by atoms with van der Waals surface area (Å²) >= 11 is 0. The smallest absolute Gasteiger partial charge is 0.299 e. The Morgan fingerprint density at radius 1 is 1.05 bits per heavy atom.